The smallest absolute Gasteiger partial charge is 0.305 e. The Morgan fingerprint density at radius 2 is 2.11 bits per heavy atom. The van der Waals surface area contributed by atoms with Crippen molar-refractivity contribution in [3.8, 4) is 0 Å². The first-order chi connectivity index (χ1) is 8.42. The molecule has 18 heavy (non-hydrogen) atoms. The number of nitrogens with one attached hydrogen (secondary N) is 1. The number of carboxylic acid groups (broad SMARTS) is 1. The Labute approximate surface area is 110 Å². The molecule has 5 heteroatoms. The van der Waals surface area contributed by atoms with E-state index < -0.39 is 11.5 Å². The van der Waals surface area contributed by atoms with Gasteiger partial charge in [0.2, 0.25) is 0 Å². The first kappa shape index (κ1) is 13.1. The Morgan fingerprint density at radius 3 is 2.50 bits per heavy atom. The van der Waals surface area contributed by atoms with Crippen molar-refractivity contribution in [2.24, 2.45) is 0 Å². The van der Waals surface area contributed by atoms with Gasteiger partial charge in [0.1, 0.15) is 0 Å². The molecular weight excluding hydrogens is 250 g/mol. The second kappa shape index (κ2) is 4.72. The zero-order chi connectivity index (χ0) is 13.3. The number of aryl methyl sites for hydroxylation is 2. The minimum absolute atomic E-state index is 0.0160. The highest BCUT2D eigenvalue weighted by Crippen LogP contribution is 2.35. The predicted molar refractivity (Wildman–Crippen MR) is 70.1 cm³/mol. The quantitative estimate of drug-likeness (QED) is 0.880. The predicted octanol–water partition coefficient (Wildman–Crippen LogP) is 2.49. The average Bonchev–Trinajstić information content (AvgIpc) is 2.55. The number of carboxylic acids is 1. The Balaban J connectivity index is 2.08. The van der Waals surface area contributed by atoms with Crippen LogP contribution in [0.15, 0.2) is 6.07 Å². The zero-order valence-electron chi connectivity index (χ0n) is 10.6. The maximum atomic E-state index is 12.1. The van der Waals surface area contributed by atoms with Gasteiger partial charge in [-0.15, -0.1) is 11.3 Å². The molecule has 0 bridgehead atoms. The summed E-state index contributed by atoms with van der Waals surface area (Å²) in [4.78, 5) is 24.7. The van der Waals surface area contributed by atoms with Crippen molar-refractivity contribution in [3.05, 3.63) is 21.4 Å². The van der Waals surface area contributed by atoms with Crippen LogP contribution in [-0.4, -0.2) is 22.5 Å². The van der Waals surface area contributed by atoms with Crippen LogP contribution in [0.3, 0.4) is 0 Å². The molecular formula is C13H17NO3S. The van der Waals surface area contributed by atoms with Crippen molar-refractivity contribution in [3.63, 3.8) is 0 Å². The standard InChI is InChI=1S/C13H17NO3S/c1-8-6-10(18-9(8)2)12(17)14-13(4-3-5-13)7-11(15)16/h6H,3-5,7H2,1-2H3,(H,14,17)(H,15,16). The van der Waals surface area contributed by atoms with E-state index in [-0.39, 0.29) is 12.3 Å². The van der Waals surface area contributed by atoms with E-state index in [4.69, 9.17) is 5.11 Å². The molecule has 0 unspecified atom stereocenters. The van der Waals surface area contributed by atoms with Crippen molar-refractivity contribution < 1.29 is 14.7 Å². The molecule has 1 aromatic heterocycles. The van der Waals surface area contributed by atoms with Crippen LogP contribution in [0, 0.1) is 13.8 Å². The summed E-state index contributed by atoms with van der Waals surface area (Å²) in [7, 11) is 0. The number of carbonyl (C=O) groups is 2. The van der Waals surface area contributed by atoms with Gasteiger partial charge in [-0.3, -0.25) is 9.59 Å². The second-order valence-corrected chi connectivity index (χ2v) is 6.26. The Bertz CT molecular complexity index is 469. The molecule has 0 radical (unpaired) electrons. The number of aliphatic carboxylic acids is 1. The number of hydrogen-bond donors (Lipinski definition) is 2. The first-order valence-electron chi connectivity index (χ1n) is 6.03. The summed E-state index contributed by atoms with van der Waals surface area (Å²) >= 11 is 1.46. The van der Waals surface area contributed by atoms with Gasteiger partial charge in [0.25, 0.3) is 5.91 Å². The summed E-state index contributed by atoms with van der Waals surface area (Å²) < 4.78 is 0. The molecule has 1 aromatic rings. The lowest BCUT2D eigenvalue weighted by atomic mass is 9.74. The fourth-order valence-electron chi connectivity index (χ4n) is 2.23. The number of thiophene rings is 1. The molecule has 0 spiro atoms. The molecule has 1 fully saturated rings. The van der Waals surface area contributed by atoms with Crippen LogP contribution in [0.25, 0.3) is 0 Å². The fraction of sp³-hybridized carbons (Fsp3) is 0.538. The van der Waals surface area contributed by atoms with Gasteiger partial charge in [0.05, 0.1) is 16.8 Å². The van der Waals surface area contributed by atoms with Gasteiger partial charge in [-0.05, 0) is 44.7 Å². The van der Waals surface area contributed by atoms with E-state index >= 15 is 0 Å². The Hall–Kier alpha value is -1.36. The third-order valence-corrected chi connectivity index (χ3v) is 4.72. The van der Waals surface area contributed by atoms with E-state index in [1.807, 2.05) is 19.9 Å². The topological polar surface area (TPSA) is 66.4 Å². The molecule has 1 heterocycles. The Morgan fingerprint density at radius 1 is 1.44 bits per heavy atom. The van der Waals surface area contributed by atoms with Crippen molar-refractivity contribution >= 4 is 23.2 Å². The average molecular weight is 267 g/mol. The summed E-state index contributed by atoms with van der Waals surface area (Å²) in [6.07, 6.45) is 2.51. The van der Waals surface area contributed by atoms with Crippen LogP contribution < -0.4 is 5.32 Å². The molecule has 1 aliphatic carbocycles. The van der Waals surface area contributed by atoms with Gasteiger partial charge in [0, 0.05) is 4.88 Å². The number of hydrogen-bond acceptors (Lipinski definition) is 3. The lowest BCUT2D eigenvalue weighted by Gasteiger charge is -2.41. The maximum absolute atomic E-state index is 12.1. The van der Waals surface area contributed by atoms with Crippen molar-refractivity contribution in [1.29, 1.82) is 0 Å². The van der Waals surface area contributed by atoms with Crippen LogP contribution >= 0.6 is 11.3 Å². The Kier molecular flexibility index (Phi) is 3.43. The van der Waals surface area contributed by atoms with E-state index in [9.17, 15) is 9.59 Å². The lowest BCUT2D eigenvalue weighted by Crippen LogP contribution is -2.54. The molecule has 0 saturated heterocycles. The third kappa shape index (κ3) is 2.56. The van der Waals surface area contributed by atoms with Crippen molar-refractivity contribution in [2.75, 3.05) is 0 Å². The zero-order valence-corrected chi connectivity index (χ0v) is 11.4. The third-order valence-electron chi connectivity index (χ3n) is 3.57. The molecule has 0 aliphatic heterocycles. The lowest BCUT2D eigenvalue weighted by molar-refractivity contribution is -0.139. The highest BCUT2D eigenvalue weighted by Gasteiger charge is 2.40. The van der Waals surface area contributed by atoms with E-state index in [1.165, 1.54) is 11.3 Å². The summed E-state index contributed by atoms with van der Waals surface area (Å²) in [6.45, 7) is 3.95. The number of rotatable bonds is 4. The van der Waals surface area contributed by atoms with Gasteiger partial charge < -0.3 is 10.4 Å². The van der Waals surface area contributed by atoms with Gasteiger partial charge >= 0.3 is 5.97 Å². The van der Waals surface area contributed by atoms with Gasteiger partial charge in [-0.2, -0.15) is 0 Å². The maximum Gasteiger partial charge on any atom is 0.305 e. The largest absolute Gasteiger partial charge is 0.481 e. The number of amides is 1. The van der Waals surface area contributed by atoms with Gasteiger partial charge in [0.15, 0.2) is 0 Å². The second-order valence-electron chi connectivity index (χ2n) is 5.01. The minimum atomic E-state index is -0.853. The molecule has 2 rings (SSSR count). The molecule has 4 nitrogen and oxygen atoms in total. The molecule has 2 N–H and O–H groups in total. The van der Waals surface area contributed by atoms with E-state index in [2.05, 4.69) is 5.32 Å². The van der Waals surface area contributed by atoms with E-state index in [0.717, 1.165) is 29.7 Å². The summed E-state index contributed by atoms with van der Waals surface area (Å²) in [5.74, 6) is -0.995. The minimum Gasteiger partial charge on any atom is -0.481 e. The first-order valence-corrected chi connectivity index (χ1v) is 6.85. The summed E-state index contributed by atoms with van der Waals surface area (Å²) in [5, 5.41) is 11.8. The molecule has 1 saturated carbocycles. The SMILES string of the molecule is Cc1cc(C(=O)NC2(CC(=O)O)CCC2)sc1C. The summed E-state index contributed by atoms with van der Waals surface area (Å²) in [6, 6.07) is 1.86. The molecule has 0 aromatic carbocycles. The van der Waals surface area contributed by atoms with Crippen LogP contribution in [0.1, 0.15) is 45.8 Å². The molecule has 98 valence electrons. The van der Waals surface area contributed by atoms with Crippen LogP contribution in [-0.2, 0) is 4.79 Å². The fourth-order valence-corrected chi connectivity index (χ4v) is 3.16. The molecule has 1 aliphatic rings. The molecule has 1 amide bonds. The van der Waals surface area contributed by atoms with Crippen molar-refractivity contribution in [2.45, 2.75) is 45.1 Å². The van der Waals surface area contributed by atoms with Crippen LogP contribution in [0.5, 0.6) is 0 Å². The van der Waals surface area contributed by atoms with Crippen molar-refractivity contribution in [1.82, 2.24) is 5.32 Å². The van der Waals surface area contributed by atoms with Gasteiger partial charge in [-0.1, -0.05) is 0 Å². The monoisotopic (exact) mass is 267 g/mol. The normalized spacial score (nSPS) is 17.0. The summed E-state index contributed by atoms with van der Waals surface area (Å²) in [5.41, 5.74) is 0.584. The highest BCUT2D eigenvalue weighted by molar-refractivity contribution is 7.14. The van der Waals surface area contributed by atoms with Crippen LogP contribution in [0.4, 0.5) is 0 Å². The molecule has 0 atom stereocenters. The van der Waals surface area contributed by atoms with Crippen LogP contribution in [0.2, 0.25) is 0 Å². The van der Waals surface area contributed by atoms with E-state index in [0.29, 0.717) is 4.88 Å². The highest BCUT2D eigenvalue weighted by atomic mass is 32.1. The van der Waals surface area contributed by atoms with Gasteiger partial charge in [-0.25, -0.2) is 0 Å². The number of carbonyl (C=O) groups excluding carboxylic acids is 1. The van der Waals surface area contributed by atoms with E-state index in [1.54, 1.807) is 0 Å².